The van der Waals surface area contributed by atoms with Gasteiger partial charge in [-0.2, -0.15) is 0 Å². The van der Waals surface area contributed by atoms with E-state index in [1.165, 1.54) is 0 Å². The Morgan fingerprint density at radius 1 is 1.17 bits per heavy atom. The second kappa shape index (κ2) is 6.45. The average Bonchev–Trinajstić information content (AvgIpc) is 2.83. The molecule has 0 atom stereocenters. The largest absolute Gasteiger partial charge is 0.312 e. The van der Waals surface area contributed by atoms with Crippen LogP contribution in [-0.4, -0.2) is 20.9 Å². The second-order valence-electron chi connectivity index (χ2n) is 5.65. The summed E-state index contributed by atoms with van der Waals surface area (Å²) in [5.41, 5.74) is 2.81. The van der Waals surface area contributed by atoms with Crippen molar-refractivity contribution in [2.75, 3.05) is 16.2 Å². The van der Waals surface area contributed by atoms with Gasteiger partial charge in [0.1, 0.15) is 0 Å². The highest BCUT2D eigenvalue weighted by molar-refractivity contribution is 7.91. The number of rotatable bonds is 5. The molecule has 0 bridgehead atoms. The molecule has 126 valence electrons. The lowest BCUT2D eigenvalue weighted by molar-refractivity contribution is -0.117. The van der Waals surface area contributed by atoms with Gasteiger partial charge in [0, 0.05) is 22.9 Å². The van der Waals surface area contributed by atoms with Crippen molar-refractivity contribution in [1.29, 1.82) is 0 Å². The van der Waals surface area contributed by atoms with E-state index in [-0.39, 0.29) is 11.7 Å². The first-order valence-corrected chi connectivity index (χ1v) is 9.59. The second-order valence-corrected chi connectivity index (χ2v) is 7.80. The van der Waals surface area contributed by atoms with E-state index in [1.54, 1.807) is 47.4 Å². The van der Waals surface area contributed by atoms with E-state index in [1.807, 2.05) is 6.92 Å². The van der Waals surface area contributed by atoms with Gasteiger partial charge in [-0.1, -0.05) is 23.7 Å². The summed E-state index contributed by atoms with van der Waals surface area (Å²) in [6.07, 6.45) is 0.302. The lowest BCUT2D eigenvalue weighted by Crippen LogP contribution is -2.25. The molecule has 0 aliphatic carbocycles. The number of halogens is 1. The number of nitrogens with one attached hydrogen (secondary N) is 1. The van der Waals surface area contributed by atoms with E-state index < -0.39 is 10.0 Å². The highest BCUT2D eigenvalue weighted by Crippen LogP contribution is 2.31. The quantitative estimate of drug-likeness (QED) is 0.886. The summed E-state index contributed by atoms with van der Waals surface area (Å²) in [6.45, 7) is 2.52. The maximum absolute atomic E-state index is 12.3. The van der Waals surface area contributed by atoms with Crippen LogP contribution < -0.4 is 9.62 Å². The third kappa shape index (κ3) is 3.55. The Morgan fingerprint density at radius 3 is 2.54 bits per heavy atom. The van der Waals surface area contributed by atoms with Crippen molar-refractivity contribution in [2.45, 2.75) is 19.1 Å². The molecule has 1 amide bonds. The molecule has 0 saturated heterocycles. The highest BCUT2D eigenvalue weighted by Gasteiger charge is 2.26. The number of nitrogens with zero attached hydrogens (tertiary/aromatic N) is 1. The Bertz CT molecular complexity index is 879. The molecule has 1 heterocycles. The molecule has 1 aliphatic rings. The monoisotopic (exact) mass is 364 g/mol. The molecule has 7 heteroatoms. The first-order chi connectivity index (χ1) is 11.4. The van der Waals surface area contributed by atoms with Gasteiger partial charge in [0.05, 0.1) is 12.2 Å². The summed E-state index contributed by atoms with van der Waals surface area (Å²) in [6, 6.07) is 11.9. The molecule has 24 heavy (non-hydrogen) atoms. The molecule has 0 unspecified atom stereocenters. The third-order valence-corrected chi connectivity index (χ3v) is 5.38. The minimum atomic E-state index is -3.54. The van der Waals surface area contributed by atoms with Crippen LogP contribution in [0.1, 0.15) is 18.1 Å². The first-order valence-electron chi connectivity index (χ1n) is 7.56. The number of carbonyl (C=O) groups is 1. The molecule has 3 rings (SSSR count). The van der Waals surface area contributed by atoms with Crippen LogP contribution in [0.3, 0.4) is 0 Å². The number of sulfonamides is 1. The fourth-order valence-electron chi connectivity index (χ4n) is 2.81. The molecule has 1 N–H and O–H groups in total. The fraction of sp³-hybridized carbons (Fsp3) is 0.235. The lowest BCUT2D eigenvalue weighted by atomic mass is 10.1. The van der Waals surface area contributed by atoms with Crippen molar-refractivity contribution in [3.8, 4) is 0 Å². The van der Waals surface area contributed by atoms with Crippen LogP contribution in [0.2, 0.25) is 5.02 Å². The van der Waals surface area contributed by atoms with Gasteiger partial charge in [0.2, 0.25) is 15.9 Å². The lowest BCUT2D eigenvalue weighted by Gasteiger charge is -2.15. The van der Waals surface area contributed by atoms with Gasteiger partial charge in [-0.3, -0.25) is 9.52 Å². The van der Waals surface area contributed by atoms with Crippen LogP contribution in [0.25, 0.3) is 0 Å². The first kappa shape index (κ1) is 16.8. The number of amides is 1. The van der Waals surface area contributed by atoms with Gasteiger partial charge >= 0.3 is 0 Å². The highest BCUT2D eigenvalue weighted by atomic mass is 35.5. The summed E-state index contributed by atoms with van der Waals surface area (Å²) in [5, 5.41) is 0.563. The van der Waals surface area contributed by atoms with Gasteiger partial charge in [0.25, 0.3) is 0 Å². The van der Waals surface area contributed by atoms with Crippen LogP contribution >= 0.6 is 11.6 Å². The van der Waals surface area contributed by atoms with Crippen LogP contribution in [0.5, 0.6) is 0 Å². The Hall–Kier alpha value is -2.05. The SMILES string of the molecule is CCN1C(=O)Cc2cc(NS(=O)(=O)Cc3ccc(Cl)cc3)ccc21. The van der Waals surface area contributed by atoms with Crippen molar-refractivity contribution in [3.05, 3.63) is 58.6 Å². The van der Waals surface area contributed by atoms with Crippen LogP contribution in [0.15, 0.2) is 42.5 Å². The Kier molecular flexibility index (Phi) is 4.51. The topological polar surface area (TPSA) is 66.5 Å². The minimum absolute atomic E-state index is 0.0358. The predicted octanol–water partition coefficient (Wildman–Crippen LogP) is 3.19. The third-order valence-electron chi connectivity index (χ3n) is 3.87. The van der Waals surface area contributed by atoms with Gasteiger partial charge < -0.3 is 4.90 Å². The molecule has 2 aromatic rings. The van der Waals surface area contributed by atoms with E-state index in [0.29, 0.717) is 29.2 Å². The number of anilines is 2. The van der Waals surface area contributed by atoms with Crippen molar-refractivity contribution < 1.29 is 13.2 Å². The maximum Gasteiger partial charge on any atom is 0.236 e. The standard InChI is InChI=1S/C17H17ClN2O3S/c1-2-20-16-8-7-15(9-13(16)10-17(20)21)19-24(22,23)11-12-3-5-14(18)6-4-12/h3-9,19H,2,10-11H2,1H3. The van der Waals surface area contributed by atoms with Crippen molar-refractivity contribution >= 4 is 38.9 Å². The molecule has 1 aliphatic heterocycles. The summed E-state index contributed by atoms with van der Waals surface area (Å²) < 4.78 is 27.2. The zero-order valence-electron chi connectivity index (χ0n) is 13.1. The smallest absolute Gasteiger partial charge is 0.236 e. The average molecular weight is 365 g/mol. The van der Waals surface area contributed by atoms with Gasteiger partial charge in [0.15, 0.2) is 0 Å². The van der Waals surface area contributed by atoms with E-state index >= 15 is 0 Å². The number of fused-ring (bicyclic) bond motifs is 1. The number of hydrogen-bond acceptors (Lipinski definition) is 3. The number of hydrogen-bond donors (Lipinski definition) is 1. The molecule has 0 aromatic heterocycles. The predicted molar refractivity (Wildman–Crippen MR) is 95.9 cm³/mol. The Morgan fingerprint density at radius 2 is 1.88 bits per heavy atom. The molecule has 0 spiro atoms. The van der Waals surface area contributed by atoms with Crippen LogP contribution in [0, 0.1) is 0 Å². The van der Waals surface area contributed by atoms with Gasteiger partial charge in [-0.05, 0) is 48.4 Å². The summed E-state index contributed by atoms with van der Waals surface area (Å²) in [4.78, 5) is 13.6. The molecule has 0 radical (unpaired) electrons. The number of benzene rings is 2. The number of likely N-dealkylation sites (N-methyl/N-ethyl adjacent to an activating group) is 1. The molecular formula is C17H17ClN2O3S. The van der Waals surface area contributed by atoms with Crippen LogP contribution in [-0.2, 0) is 27.0 Å². The molecule has 2 aromatic carbocycles. The zero-order valence-corrected chi connectivity index (χ0v) is 14.7. The van der Waals surface area contributed by atoms with Gasteiger partial charge in [-0.15, -0.1) is 0 Å². The normalized spacial score (nSPS) is 13.9. The maximum atomic E-state index is 12.3. The zero-order chi connectivity index (χ0) is 17.3. The summed E-state index contributed by atoms with van der Waals surface area (Å²) in [7, 11) is -3.54. The summed E-state index contributed by atoms with van der Waals surface area (Å²) in [5.74, 6) is -0.102. The number of carbonyl (C=O) groups excluding carboxylic acids is 1. The van der Waals surface area contributed by atoms with Crippen LogP contribution in [0.4, 0.5) is 11.4 Å². The van der Waals surface area contributed by atoms with Crippen molar-refractivity contribution in [1.82, 2.24) is 0 Å². The van der Waals surface area contributed by atoms with E-state index in [0.717, 1.165) is 11.3 Å². The molecule has 0 fully saturated rings. The molecule has 5 nitrogen and oxygen atoms in total. The molecular weight excluding hydrogens is 348 g/mol. The van der Waals surface area contributed by atoms with E-state index in [9.17, 15) is 13.2 Å². The fourth-order valence-corrected chi connectivity index (χ4v) is 4.12. The van der Waals surface area contributed by atoms with E-state index in [2.05, 4.69) is 4.72 Å². The summed E-state index contributed by atoms with van der Waals surface area (Å²) >= 11 is 5.81. The van der Waals surface area contributed by atoms with Gasteiger partial charge in [-0.25, -0.2) is 8.42 Å². The Labute approximate surface area is 146 Å². The van der Waals surface area contributed by atoms with E-state index in [4.69, 9.17) is 11.6 Å². The van der Waals surface area contributed by atoms with Crippen molar-refractivity contribution in [2.24, 2.45) is 0 Å². The molecule has 0 saturated carbocycles. The van der Waals surface area contributed by atoms with Crippen molar-refractivity contribution in [3.63, 3.8) is 0 Å². The minimum Gasteiger partial charge on any atom is -0.312 e. The Balaban J connectivity index is 1.77.